The first-order valence-electron chi connectivity index (χ1n) is 4.99. The number of imidazole rings is 1. The number of carbonyl (C=O) groups is 1. The van der Waals surface area contributed by atoms with E-state index < -0.39 is 0 Å². The molecule has 1 aromatic carbocycles. The van der Waals surface area contributed by atoms with Crippen LogP contribution in [0, 0.1) is 4.77 Å². The average molecular weight is 252 g/mol. The van der Waals surface area contributed by atoms with Gasteiger partial charge in [-0.1, -0.05) is 0 Å². The summed E-state index contributed by atoms with van der Waals surface area (Å²) in [7, 11) is 2.95. The van der Waals surface area contributed by atoms with Crippen molar-refractivity contribution >= 4 is 29.2 Å². The number of nitrogens with zero attached hydrogens (tertiary/aromatic N) is 1. The minimum atomic E-state index is -0.335. The van der Waals surface area contributed by atoms with Gasteiger partial charge in [0.1, 0.15) is 12.3 Å². The molecule has 0 aliphatic carbocycles. The van der Waals surface area contributed by atoms with Crippen molar-refractivity contribution in [2.24, 2.45) is 0 Å². The van der Waals surface area contributed by atoms with Crippen LogP contribution in [0.4, 0.5) is 0 Å². The fourth-order valence-corrected chi connectivity index (χ4v) is 1.89. The molecule has 1 aromatic heterocycles. The normalized spacial score (nSPS) is 10.5. The van der Waals surface area contributed by atoms with Crippen LogP contribution < -0.4 is 4.74 Å². The summed E-state index contributed by atoms with van der Waals surface area (Å²) in [6, 6.07) is 5.50. The Kier molecular flexibility index (Phi) is 3.14. The fraction of sp³-hybridized carbons (Fsp3) is 0.273. The molecule has 0 saturated carbocycles. The molecule has 1 heterocycles. The minimum absolute atomic E-state index is 0.0989. The molecule has 0 radical (unpaired) electrons. The van der Waals surface area contributed by atoms with Crippen LogP contribution in [-0.2, 0) is 16.1 Å². The van der Waals surface area contributed by atoms with Gasteiger partial charge < -0.3 is 19.0 Å². The van der Waals surface area contributed by atoms with Gasteiger partial charge in [-0.15, -0.1) is 0 Å². The summed E-state index contributed by atoms with van der Waals surface area (Å²) in [6.07, 6.45) is 0. The topological polar surface area (TPSA) is 56.2 Å². The smallest absolute Gasteiger partial charge is 0.325 e. The molecule has 0 bridgehead atoms. The summed E-state index contributed by atoms with van der Waals surface area (Å²) < 4.78 is 11.9. The molecular weight excluding hydrogens is 240 g/mol. The van der Waals surface area contributed by atoms with E-state index in [9.17, 15) is 4.79 Å². The first kappa shape index (κ1) is 11.7. The highest BCUT2D eigenvalue weighted by Crippen LogP contribution is 2.20. The quantitative estimate of drug-likeness (QED) is 0.669. The van der Waals surface area contributed by atoms with Crippen molar-refractivity contribution in [1.29, 1.82) is 0 Å². The number of ether oxygens (including phenoxy) is 2. The molecule has 1 N–H and O–H groups in total. The standard InChI is InChI=1S/C11H12N2O3S/c1-15-7-3-4-9-8(5-7)12-11(17)13(9)6-10(14)16-2/h3-5H,6H2,1-2H3,(H,12,17). The number of esters is 1. The SMILES string of the molecule is COC(=O)Cn1c(=S)[nH]c2cc(OC)ccc21. The van der Waals surface area contributed by atoms with Crippen molar-refractivity contribution in [2.75, 3.05) is 14.2 Å². The second kappa shape index (κ2) is 4.58. The van der Waals surface area contributed by atoms with Gasteiger partial charge in [-0.25, -0.2) is 0 Å². The molecule has 0 saturated heterocycles. The monoisotopic (exact) mass is 252 g/mol. The van der Waals surface area contributed by atoms with Gasteiger partial charge in [-0.05, 0) is 24.4 Å². The van der Waals surface area contributed by atoms with Crippen LogP contribution in [0.15, 0.2) is 18.2 Å². The molecule has 5 nitrogen and oxygen atoms in total. The Balaban J connectivity index is 2.52. The van der Waals surface area contributed by atoms with E-state index in [1.54, 1.807) is 11.7 Å². The van der Waals surface area contributed by atoms with Crippen LogP contribution in [0.25, 0.3) is 11.0 Å². The van der Waals surface area contributed by atoms with E-state index in [0.717, 1.165) is 16.8 Å². The van der Waals surface area contributed by atoms with Gasteiger partial charge in [0.2, 0.25) is 0 Å². The Morgan fingerprint density at radius 1 is 1.47 bits per heavy atom. The number of hydrogen-bond donors (Lipinski definition) is 1. The van der Waals surface area contributed by atoms with Crippen LogP contribution in [0.2, 0.25) is 0 Å². The van der Waals surface area contributed by atoms with Crippen molar-refractivity contribution in [1.82, 2.24) is 9.55 Å². The first-order chi connectivity index (χ1) is 8.15. The third kappa shape index (κ3) is 2.16. The summed E-state index contributed by atoms with van der Waals surface area (Å²) in [6.45, 7) is 0.0989. The number of methoxy groups -OCH3 is 2. The third-order valence-corrected chi connectivity index (χ3v) is 2.82. The van der Waals surface area contributed by atoms with Crippen molar-refractivity contribution in [3.8, 4) is 5.75 Å². The van der Waals surface area contributed by atoms with Crippen molar-refractivity contribution in [3.63, 3.8) is 0 Å². The van der Waals surface area contributed by atoms with E-state index in [0.29, 0.717) is 4.77 Å². The molecule has 0 fully saturated rings. The lowest BCUT2D eigenvalue weighted by Gasteiger charge is -2.03. The average Bonchev–Trinajstić information content (AvgIpc) is 2.64. The lowest BCUT2D eigenvalue weighted by atomic mass is 10.3. The highest BCUT2D eigenvalue weighted by Gasteiger charge is 2.09. The molecule has 2 aromatic rings. The predicted molar refractivity (Wildman–Crippen MR) is 65.7 cm³/mol. The number of fused-ring (bicyclic) bond motifs is 1. The highest BCUT2D eigenvalue weighted by molar-refractivity contribution is 7.71. The number of carbonyl (C=O) groups excluding carboxylic acids is 1. The summed E-state index contributed by atoms with van der Waals surface area (Å²) in [5, 5.41) is 0. The van der Waals surface area contributed by atoms with Crippen molar-refractivity contribution in [3.05, 3.63) is 23.0 Å². The van der Waals surface area contributed by atoms with Gasteiger partial charge in [0.15, 0.2) is 4.77 Å². The Bertz CT molecular complexity index is 615. The van der Waals surface area contributed by atoms with E-state index >= 15 is 0 Å². The van der Waals surface area contributed by atoms with Gasteiger partial charge >= 0.3 is 5.97 Å². The number of H-pyrrole nitrogens is 1. The zero-order valence-electron chi connectivity index (χ0n) is 9.52. The fourth-order valence-electron chi connectivity index (χ4n) is 1.62. The highest BCUT2D eigenvalue weighted by atomic mass is 32.1. The van der Waals surface area contributed by atoms with Crippen LogP contribution in [0.3, 0.4) is 0 Å². The van der Waals surface area contributed by atoms with Crippen molar-refractivity contribution < 1.29 is 14.3 Å². The van der Waals surface area contributed by atoms with E-state index in [-0.39, 0.29) is 12.5 Å². The Morgan fingerprint density at radius 3 is 2.88 bits per heavy atom. The maximum atomic E-state index is 11.3. The van der Waals surface area contributed by atoms with Crippen LogP contribution in [0.1, 0.15) is 0 Å². The molecular formula is C11H12N2O3S. The van der Waals surface area contributed by atoms with Crippen molar-refractivity contribution in [2.45, 2.75) is 6.54 Å². The summed E-state index contributed by atoms with van der Waals surface area (Å²) >= 11 is 5.16. The Hall–Kier alpha value is -1.82. The molecule has 0 aliphatic heterocycles. The molecule has 0 atom stereocenters. The summed E-state index contributed by atoms with van der Waals surface area (Å²) in [5.74, 6) is 0.400. The maximum Gasteiger partial charge on any atom is 0.325 e. The molecule has 0 spiro atoms. The summed E-state index contributed by atoms with van der Waals surface area (Å²) in [5.41, 5.74) is 1.68. The molecule has 0 amide bonds. The summed E-state index contributed by atoms with van der Waals surface area (Å²) in [4.78, 5) is 14.3. The molecule has 0 unspecified atom stereocenters. The van der Waals surface area contributed by atoms with E-state index in [1.807, 2.05) is 18.2 Å². The number of aromatic nitrogens is 2. The van der Waals surface area contributed by atoms with Crippen LogP contribution >= 0.6 is 12.2 Å². The van der Waals surface area contributed by atoms with Gasteiger partial charge in [0, 0.05) is 6.07 Å². The molecule has 0 aliphatic rings. The number of hydrogen-bond acceptors (Lipinski definition) is 4. The maximum absolute atomic E-state index is 11.3. The zero-order chi connectivity index (χ0) is 12.4. The lowest BCUT2D eigenvalue weighted by molar-refractivity contribution is -0.141. The van der Waals surface area contributed by atoms with E-state index in [2.05, 4.69) is 9.72 Å². The van der Waals surface area contributed by atoms with Crippen LogP contribution in [-0.4, -0.2) is 29.7 Å². The number of benzene rings is 1. The third-order valence-electron chi connectivity index (χ3n) is 2.50. The van der Waals surface area contributed by atoms with Gasteiger partial charge in [0.05, 0.1) is 25.3 Å². The number of nitrogens with one attached hydrogen (secondary N) is 1. The molecule has 17 heavy (non-hydrogen) atoms. The zero-order valence-corrected chi connectivity index (χ0v) is 10.3. The largest absolute Gasteiger partial charge is 0.497 e. The molecule has 90 valence electrons. The Labute approximate surface area is 103 Å². The second-order valence-corrected chi connectivity index (χ2v) is 3.86. The minimum Gasteiger partial charge on any atom is -0.497 e. The van der Waals surface area contributed by atoms with E-state index in [1.165, 1.54) is 7.11 Å². The van der Waals surface area contributed by atoms with Gasteiger partial charge in [-0.2, -0.15) is 0 Å². The van der Waals surface area contributed by atoms with Gasteiger partial charge in [-0.3, -0.25) is 4.79 Å². The second-order valence-electron chi connectivity index (χ2n) is 3.48. The van der Waals surface area contributed by atoms with Gasteiger partial charge in [0.25, 0.3) is 0 Å². The van der Waals surface area contributed by atoms with Crippen LogP contribution in [0.5, 0.6) is 5.75 Å². The number of aromatic amines is 1. The van der Waals surface area contributed by atoms with E-state index in [4.69, 9.17) is 17.0 Å². The predicted octanol–water partition coefficient (Wildman–Crippen LogP) is 1.88. The molecule has 6 heteroatoms. The number of rotatable bonds is 3. The Morgan fingerprint density at radius 2 is 2.24 bits per heavy atom. The first-order valence-corrected chi connectivity index (χ1v) is 5.40. The lowest BCUT2D eigenvalue weighted by Crippen LogP contribution is -2.11. The molecule has 2 rings (SSSR count).